The van der Waals surface area contributed by atoms with Crippen LogP contribution in [-0.2, 0) is 4.79 Å². The number of carbonyl (C=O) groups excluding carboxylic acids is 2. The van der Waals surface area contributed by atoms with Crippen LogP contribution < -0.4 is 4.74 Å². The molecule has 1 saturated heterocycles. The van der Waals surface area contributed by atoms with Gasteiger partial charge >= 0.3 is 0 Å². The topological polar surface area (TPSA) is 73.6 Å². The van der Waals surface area contributed by atoms with Crippen molar-refractivity contribution in [2.45, 2.75) is 12.8 Å². The van der Waals surface area contributed by atoms with Crippen molar-refractivity contribution in [3.05, 3.63) is 29.8 Å². The maximum Gasteiger partial charge on any atom is 0.253 e. The highest BCUT2D eigenvalue weighted by Gasteiger charge is 2.22. The smallest absolute Gasteiger partial charge is 0.253 e. The molecule has 0 N–H and O–H groups in total. The summed E-state index contributed by atoms with van der Waals surface area (Å²) in [6.45, 7) is 2.17. The number of nitrogens with zero attached hydrogens (tertiary/aromatic N) is 3. The van der Waals surface area contributed by atoms with E-state index in [1.54, 1.807) is 41.2 Å². The third-order valence-electron chi connectivity index (χ3n) is 3.70. The first-order valence-corrected chi connectivity index (χ1v) is 7.23. The predicted molar refractivity (Wildman–Crippen MR) is 80.3 cm³/mol. The van der Waals surface area contributed by atoms with Gasteiger partial charge in [0.05, 0.1) is 13.2 Å². The fraction of sp³-hybridized carbons (Fsp3) is 0.438. The van der Waals surface area contributed by atoms with Crippen LogP contribution in [0.5, 0.6) is 5.75 Å². The molecule has 1 aromatic rings. The van der Waals surface area contributed by atoms with Crippen LogP contribution >= 0.6 is 0 Å². The van der Waals surface area contributed by atoms with Crippen LogP contribution in [0.15, 0.2) is 24.3 Å². The molecule has 6 nitrogen and oxygen atoms in total. The third kappa shape index (κ3) is 3.76. The average molecular weight is 301 g/mol. The van der Waals surface area contributed by atoms with Gasteiger partial charge in [-0.15, -0.1) is 0 Å². The largest absolute Gasteiger partial charge is 0.497 e. The van der Waals surface area contributed by atoms with Gasteiger partial charge in [0.2, 0.25) is 5.91 Å². The van der Waals surface area contributed by atoms with E-state index in [2.05, 4.69) is 0 Å². The number of methoxy groups -OCH3 is 1. The SMILES string of the molecule is COc1ccc(C(=O)N2CCCN(C(=O)CC#N)CC2)cc1. The van der Waals surface area contributed by atoms with Crippen LogP contribution in [-0.4, -0.2) is 54.9 Å². The minimum absolute atomic E-state index is 0.0442. The van der Waals surface area contributed by atoms with Crippen molar-refractivity contribution in [3.63, 3.8) is 0 Å². The molecule has 0 atom stereocenters. The number of amides is 2. The molecule has 0 spiro atoms. The Bertz CT molecular complexity index is 577. The van der Waals surface area contributed by atoms with Gasteiger partial charge in [0.15, 0.2) is 0 Å². The second kappa shape index (κ2) is 7.46. The molecule has 0 bridgehead atoms. The van der Waals surface area contributed by atoms with E-state index in [0.29, 0.717) is 37.5 Å². The highest BCUT2D eigenvalue weighted by Crippen LogP contribution is 2.14. The van der Waals surface area contributed by atoms with Gasteiger partial charge in [-0.3, -0.25) is 9.59 Å². The molecule has 0 aromatic heterocycles. The fourth-order valence-electron chi connectivity index (χ4n) is 2.47. The molecule has 22 heavy (non-hydrogen) atoms. The molecule has 0 saturated carbocycles. The van der Waals surface area contributed by atoms with Crippen LogP contribution in [0.3, 0.4) is 0 Å². The molecule has 6 heteroatoms. The average Bonchev–Trinajstić information content (AvgIpc) is 2.80. The van der Waals surface area contributed by atoms with E-state index in [9.17, 15) is 9.59 Å². The van der Waals surface area contributed by atoms with Gasteiger partial charge in [-0.05, 0) is 30.7 Å². The zero-order chi connectivity index (χ0) is 15.9. The van der Waals surface area contributed by atoms with Gasteiger partial charge in [-0.1, -0.05) is 0 Å². The third-order valence-corrected chi connectivity index (χ3v) is 3.70. The lowest BCUT2D eigenvalue weighted by Crippen LogP contribution is -2.37. The summed E-state index contributed by atoms with van der Waals surface area (Å²) in [7, 11) is 1.58. The maximum atomic E-state index is 12.5. The molecular weight excluding hydrogens is 282 g/mol. The summed E-state index contributed by atoms with van der Waals surface area (Å²) < 4.78 is 5.08. The van der Waals surface area contributed by atoms with E-state index in [4.69, 9.17) is 10.00 Å². The molecule has 2 rings (SSSR count). The van der Waals surface area contributed by atoms with Gasteiger partial charge in [0.25, 0.3) is 5.91 Å². The molecule has 1 aromatic carbocycles. The number of hydrogen-bond acceptors (Lipinski definition) is 4. The Morgan fingerprint density at radius 2 is 1.77 bits per heavy atom. The van der Waals surface area contributed by atoms with Gasteiger partial charge in [0.1, 0.15) is 12.2 Å². The normalized spacial score (nSPS) is 14.9. The predicted octanol–water partition coefficient (Wildman–Crippen LogP) is 1.28. The molecule has 0 unspecified atom stereocenters. The summed E-state index contributed by atoms with van der Waals surface area (Å²) in [6.07, 6.45) is 0.617. The van der Waals surface area contributed by atoms with Crippen molar-refractivity contribution in [1.29, 1.82) is 5.26 Å². The molecule has 1 aliphatic rings. The lowest BCUT2D eigenvalue weighted by Gasteiger charge is -2.21. The molecule has 1 aliphatic heterocycles. The highest BCUT2D eigenvalue weighted by atomic mass is 16.5. The standard InChI is InChI=1S/C16H19N3O3/c1-22-14-5-3-13(4-6-14)16(21)19-10-2-9-18(11-12-19)15(20)7-8-17/h3-6H,2,7,9-12H2,1H3. The van der Waals surface area contributed by atoms with E-state index < -0.39 is 0 Å². The summed E-state index contributed by atoms with van der Waals surface area (Å²) in [5, 5.41) is 8.60. The minimum Gasteiger partial charge on any atom is -0.497 e. The summed E-state index contributed by atoms with van der Waals surface area (Å²) in [5.41, 5.74) is 0.609. The Labute approximate surface area is 129 Å². The lowest BCUT2D eigenvalue weighted by molar-refractivity contribution is -0.130. The zero-order valence-corrected chi connectivity index (χ0v) is 12.6. The Balaban J connectivity index is 1.99. The van der Waals surface area contributed by atoms with Crippen molar-refractivity contribution in [1.82, 2.24) is 9.80 Å². The van der Waals surface area contributed by atoms with Crippen LogP contribution in [0.25, 0.3) is 0 Å². The first-order chi connectivity index (χ1) is 10.7. The second-order valence-electron chi connectivity index (χ2n) is 5.09. The quantitative estimate of drug-likeness (QED) is 0.843. The van der Waals surface area contributed by atoms with Crippen molar-refractivity contribution in [2.75, 3.05) is 33.3 Å². The highest BCUT2D eigenvalue weighted by molar-refractivity contribution is 5.94. The van der Waals surface area contributed by atoms with E-state index in [-0.39, 0.29) is 18.2 Å². The number of nitriles is 1. The van der Waals surface area contributed by atoms with E-state index in [1.165, 1.54) is 0 Å². The summed E-state index contributed by atoms with van der Waals surface area (Å²) in [6, 6.07) is 8.87. The fourth-order valence-corrected chi connectivity index (χ4v) is 2.47. The molecule has 116 valence electrons. The summed E-state index contributed by atoms with van der Waals surface area (Å²) in [5.74, 6) is 0.499. The van der Waals surface area contributed by atoms with E-state index in [1.807, 2.05) is 6.07 Å². The molecule has 2 amide bonds. The van der Waals surface area contributed by atoms with E-state index >= 15 is 0 Å². The monoisotopic (exact) mass is 301 g/mol. The van der Waals surface area contributed by atoms with Crippen molar-refractivity contribution < 1.29 is 14.3 Å². The maximum absolute atomic E-state index is 12.5. The molecule has 0 aliphatic carbocycles. The summed E-state index contributed by atoms with van der Waals surface area (Å²) >= 11 is 0. The van der Waals surface area contributed by atoms with Crippen molar-refractivity contribution in [3.8, 4) is 11.8 Å². The van der Waals surface area contributed by atoms with Gasteiger partial charge in [0, 0.05) is 31.7 Å². The Kier molecular flexibility index (Phi) is 5.37. The number of carbonyl (C=O) groups is 2. The van der Waals surface area contributed by atoms with Crippen LogP contribution in [0, 0.1) is 11.3 Å². The first kappa shape index (κ1) is 15.8. The van der Waals surface area contributed by atoms with Gasteiger partial charge < -0.3 is 14.5 Å². The number of hydrogen-bond donors (Lipinski definition) is 0. The van der Waals surface area contributed by atoms with Crippen molar-refractivity contribution >= 4 is 11.8 Å². The Morgan fingerprint density at radius 3 is 2.41 bits per heavy atom. The molecule has 1 heterocycles. The lowest BCUT2D eigenvalue weighted by atomic mass is 10.2. The number of benzene rings is 1. The Morgan fingerprint density at radius 1 is 1.14 bits per heavy atom. The zero-order valence-electron chi connectivity index (χ0n) is 12.6. The second-order valence-corrected chi connectivity index (χ2v) is 5.09. The van der Waals surface area contributed by atoms with Gasteiger partial charge in [-0.2, -0.15) is 5.26 Å². The molecule has 0 radical (unpaired) electrons. The number of rotatable bonds is 3. The minimum atomic E-state index is -0.166. The van der Waals surface area contributed by atoms with Crippen molar-refractivity contribution in [2.24, 2.45) is 0 Å². The van der Waals surface area contributed by atoms with Crippen LogP contribution in [0.4, 0.5) is 0 Å². The first-order valence-electron chi connectivity index (χ1n) is 7.23. The van der Waals surface area contributed by atoms with Gasteiger partial charge in [-0.25, -0.2) is 0 Å². The molecule has 1 fully saturated rings. The van der Waals surface area contributed by atoms with Crippen LogP contribution in [0.2, 0.25) is 0 Å². The van der Waals surface area contributed by atoms with E-state index in [0.717, 1.165) is 6.42 Å². The summed E-state index contributed by atoms with van der Waals surface area (Å²) in [4.78, 5) is 27.6. The van der Waals surface area contributed by atoms with Crippen LogP contribution in [0.1, 0.15) is 23.2 Å². The molecular formula is C16H19N3O3. The Hall–Kier alpha value is -2.55. The number of ether oxygens (including phenoxy) is 1.